The van der Waals surface area contributed by atoms with Crippen LogP contribution < -0.4 is 5.73 Å². The van der Waals surface area contributed by atoms with E-state index >= 15 is 0 Å². The lowest BCUT2D eigenvalue weighted by Crippen LogP contribution is -2.41. The molecule has 0 bridgehead atoms. The zero-order chi connectivity index (χ0) is 12.3. The lowest BCUT2D eigenvalue weighted by atomic mass is 10.0. The van der Waals surface area contributed by atoms with Gasteiger partial charge in [0.1, 0.15) is 6.10 Å². The highest BCUT2D eigenvalue weighted by Gasteiger charge is 2.27. The van der Waals surface area contributed by atoms with E-state index in [-0.39, 0.29) is 18.2 Å². The van der Waals surface area contributed by atoms with E-state index in [0.717, 1.165) is 16.5 Å². The average molecular weight is 300 g/mol. The Kier molecular flexibility index (Phi) is 4.56. The van der Waals surface area contributed by atoms with Crippen molar-refractivity contribution in [3.8, 4) is 0 Å². The van der Waals surface area contributed by atoms with Crippen LogP contribution in [0.1, 0.15) is 25.0 Å². The van der Waals surface area contributed by atoms with Gasteiger partial charge < -0.3 is 15.2 Å². The van der Waals surface area contributed by atoms with Gasteiger partial charge in [-0.3, -0.25) is 0 Å². The van der Waals surface area contributed by atoms with Crippen LogP contribution in [0.5, 0.6) is 0 Å². The summed E-state index contributed by atoms with van der Waals surface area (Å²) in [5, 5.41) is 0. The van der Waals surface area contributed by atoms with Crippen molar-refractivity contribution in [1.82, 2.24) is 0 Å². The number of nitrogens with two attached hydrogens (primary N) is 1. The first-order valence-corrected chi connectivity index (χ1v) is 6.74. The van der Waals surface area contributed by atoms with Gasteiger partial charge in [0, 0.05) is 10.5 Å². The first-order chi connectivity index (χ1) is 8.20. The van der Waals surface area contributed by atoms with Gasteiger partial charge in [-0.25, -0.2) is 0 Å². The van der Waals surface area contributed by atoms with Gasteiger partial charge in [-0.1, -0.05) is 35.0 Å². The Morgan fingerprint density at radius 1 is 1.53 bits per heavy atom. The Hall–Kier alpha value is -0.420. The van der Waals surface area contributed by atoms with Crippen molar-refractivity contribution in [2.75, 3.05) is 13.2 Å². The Morgan fingerprint density at radius 2 is 2.29 bits per heavy atom. The highest BCUT2D eigenvalue weighted by atomic mass is 79.9. The Bertz CT molecular complexity index is 368. The predicted octanol–water partition coefficient (Wildman–Crippen LogP) is 2.64. The fourth-order valence-electron chi connectivity index (χ4n) is 1.82. The highest BCUT2D eigenvalue weighted by molar-refractivity contribution is 9.10. The van der Waals surface area contributed by atoms with Gasteiger partial charge in [0.25, 0.3) is 0 Å². The molecule has 1 heterocycles. The molecule has 0 spiro atoms. The van der Waals surface area contributed by atoms with E-state index in [1.54, 1.807) is 0 Å². The fraction of sp³-hybridized carbons (Fsp3) is 0.538. The van der Waals surface area contributed by atoms with Gasteiger partial charge in [0.15, 0.2) is 0 Å². The zero-order valence-corrected chi connectivity index (χ0v) is 11.5. The molecule has 0 amide bonds. The third-order valence-electron chi connectivity index (χ3n) is 2.98. The maximum atomic E-state index is 6.15. The van der Waals surface area contributed by atoms with Crippen LogP contribution in [0.15, 0.2) is 28.7 Å². The standard InChI is InChI=1S/C13H18BrNO2/c1-2-12(15)13(17-11-7-16-8-11)9-4-3-5-10(14)6-9/h3-6,11-13H,2,7-8,15H2,1H3. The molecule has 2 rings (SSSR count). The quantitative estimate of drug-likeness (QED) is 0.909. The van der Waals surface area contributed by atoms with Crippen LogP contribution in [0.2, 0.25) is 0 Å². The third kappa shape index (κ3) is 3.28. The van der Waals surface area contributed by atoms with E-state index < -0.39 is 0 Å². The summed E-state index contributed by atoms with van der Waals surface area (Å²) >= 11 is 3.48. The van der Waals surface area contributed by atoms with Crippen molar-refractivity contribution in [3.05, 3.63) is 34.3 Å². The number of benzene rings is 1. The molecule has 17 heavy (non-hydrogen) atoms. The maximum Gasteiger partial charge on any atom is 0.105 e. The topological polar surface area (TPSA) is 44.5 Å². The largest absolute Gasteiger partial charge is 0.376 e. The summed E-state index contributed by atoms with van der Waals surface area (Å²) in [6.45, 7) is 3.44. The first kappa shape index (κ1) is 13.0. The molecule has 0 saturated carbocycles. The smallest absolute Gasteiger partial charge is 0.105 e. The minimum absolute atomic E-state index is 0.0184. The van der Waals surface area contributed by atoms with Crippen LogP contribution in [0.3, 0.4) is 0 Å². The van der Waals surface area contributed by atoms with E-state index in [1.807, 2.05) is 12.1 Å². The molecule has 2 unspecified atom stereocenters. The molecular weight excluding hydrogens is 282 g/mol. The molecule has 2 atom stereocenters. The molecule has 1 fully saturated rings. The maximum absolute atomic E-state index is 6.15. The summed E-state index contributed by atoms with van der Waals surface area (Å²) in [6.07, 6.45) is 1.04. The van der Waals surface area contributed by atoms with E-state index in [1.165, 1.54) is 0 Å². The Balaban J connectivity index is 2.13. The van der Waals surface area contributed by atoms with Gasteiger partial charge in [-0.05, 0) is 24.1 Å². The van der Waals surface area contributed by atoms with Gasteiger partial charge >= 0.3 is 0 Å². The minimum Gasteiger partial charge on any atom is -0.376 e. The van der Waals surface area contributed by atoms with Gasteiger partial charge in [-0.2, -0.15) is 0 Å². The van der Waals surface area contributed by atoms with Crippen LogP contribution in [0.4, 0.5) is 0 Å². The molecule has 1 aromatic rings. The van der Waals surface area contributed by atoms with Crippen LogP contribution in [-0.4, -0.2) is 25.4 Å². The lowest BCUT2D eigenvalue weighted by Gasteiger charge is -2.33. The molecule has 1 aliphatic heterocycles. The van der Waals surface area contributed by atoms with Crippen molar-refractivity contribution < 1.29 is 9.47 Å². The van der Waals surface area contributed by atoms with Gasteiger partial charge in [-0.15, -0.1) is 0 Å². The number of rotatable bonds is 5. The number of hydrogen-bond donors (Lipinski definition) is 1. The summed E-state index contributed by atoms with van der Waals surface area (Å²) in [7, 11) is 0. The lowest BCUT2D eigenvalue weighted by molar-refractivity contribution is -0.160. The van der Waals surface area contributed by atoms with E-state index in [4.69, 9.17) is 15.2 Å². The molecule has 0 aromatic heterocycles. The predicted molar refractivity (Wildman–Crippen MR) is 70.8 cm³/mol. The summed E-state index contributed by atoms with van der Waals surface area (Å²) in [5.74, 6) is 0. The van der Waals surface area contributed by atoms with Crippen molar-refractivity contribution in [2.24, 2.45) is 5.73 Å². The second-order valence-corrected chi connectivity index (χ2v) is 5.26. The molecule has 94 valence electrons. The first-order valence-electron chi connectivity index (χ1n) is 5.95. The summed E-state index contributed by atoms with van der Waals surface area (Å²) < 4.78 is 12.2. The van der Waals surface area contributed by atoms with E-state index in [0.29, 0.717) is 13.2 Å². The van der Waals surface area contributed by atoms with Crippen molar-refractivity contribution >= 4 is 15.9 Å². The van der Waals surface area contributed by atoms with E-state index in [2.05, 4.69) is 35.0 Å². The molecule has 1 saturated heterocycles. The number of halogens is 1. The molecule has 1 aromatic carbocycles. The van der Waals surface area contributed by atoms with Crippen LogP contribution in [0.25, 0.3) is 0 Å². The molecular formula is C13H18BrNO2. The SMILES string of the molecule is CCC(N)C(OC1COC1)c1cccc(Br)c1. The third-order valence-corrected chi connectivity index (χ3v) is 3.48. The van der Waals surface area contributed by atoms with E-state index in [9.17, 15) is 0 Å². The fourth-order valence-corrected chi connectivity index (χ4v) is 2.24. The molecule has 3 nitrogen and oxygen atoms in total. The molecule has 4 heteroatoms. The molecule has 0 radical (unpaired) electrons. The zero-order valence-electron chi connectivity index (χ0n) is 9.93. The van der Waals surface area contributed by atoms with Gasteiger partial charge in [0.2, 0.25) is 0 Å². The summed E-state index contributed by atoms with van der Waals surface area (Å²) in [6, 6.07) is 8.16. The Morgan fingerprint density at radius 3 is 2.82 bits per heavy atom. The number of hydrogen-bond acceptors (Lipinski definition) is 3. The summed E-state index contributed by atoms with van der Waals surface area (Å²) in [5.41, 5.74) is 7.27. The van der Waals surface area contributed by atoms with Crippen LogP contribution in [-0.2, 0) is 9.47 Å². The van der Waals surface area contributed by atoms with Crippen molar-refractivity contribution in [3.63, 3.8) is 0 Å². The van der Waals surface area contributed by atoms with Crippen LogP contribution in [0, 0.1) is 0 Å². The summed E-state index contributed by atoms with van der Waals surface area (Å²) in [4.78, 5) is 0. The van der Waals surface area contributed by atoms with Crippen LogP contribution >= 0.6 is 15.9 Å². The highest BCUT2D eigenvalue weighted by Crippen LogP contribution is 2.27. The second kappa shape index (κ2) is 5.96. The normalized spacial score (nSPS) is 19.7. The average Bonchev–Trinajstić information content (AvgIpc) is 2.27. The Labute approximate surface area is 110 Å². The minimum atomic E-state index is -0.0496. The monoisotopic (exact) mass is 299 g/mol. The van der Waals surface area contributed by atoms with Crippen molar-refractivity contribution in [1.29, 1.82) is 0 Å². The molecule has 1 aliphatic rings. The molecule has 2 N–H and O–H groups in total. The molecule has 0 aliphatic carbocycles. The second-order valence-electron chi connectivity index (χ2n) is 4.34. The number of ether oxygens (including phenoxy) is 2. The van der Waals surface area contributed by atoms with Crippen molar-refractivity contribution in [2.45, 2.75) is 31.6 Å². The van der Waals surface area contributed by atoms with Gasteiger partial charge in [0.05, 0.1) is 19.3 Å².